The number of nitrogens with one attached hydrogen (secondary N) is 1. The topological polar surface area (TPSA) is 63.2 Å². The van der Waals surface area contributed by atoms with Crippen LogP contribution in [-0.4, -0.2) is 32.4 Å². The third-order valence-corrected chi connectivity index (χ3v) is 7.06. The normalized spacial score (nSPS) is 27.9. The second-order valence-corrected chi connectivity index (χ2v) is 9.30. The summed E-state index contributed by atoms with van der Waals surface area (Å²) in [5.41, 5.74) is 1.22. The summed E-state index contributed by atoms with van der Waals surface area (Å²) in [4.78, 5) is 12.3. The van der Waals surface area contributed by atoms with Crippen molar-refractivity contribution >= 4 is 26.5 Å². The second-order valence-electron chi connectivity index (χ2n) is 7.07. The zero-order valence-corrected chi connectivity index (χ0v) is 14.3. The van der Waals surface area contributed by atoms with Gasteiger partial charge in [0.05, 0.1) is 11.5 Å². The molecule has 1 amide bonds. The Balaban J connectivity index is 1.36. The molecule has 2 aromatic carbocycles. The van der Waals surface area contributed by atoms with Crippen LogP contribution in [0.1, 0.15) is 24.3 Å². The molecule has 24 heavy (non-hydrogen) atoms. The predicted octanol–water partition coefficient (Wildman–Crippen LogP) is 2.49. The molecule has 4 nitrogen and oxygen atoms in total. The van der Waals surface area contributed by atoms with Gasteiger partial charge in [0.15, 0.2) is 9.84 Å². The van der Waals surface area contributed by atoms with E-state index < -0.39 is 9.84 Å². The van der Waals surface area contributed by atoms with Crippen molar-refractivity contribution in [1.82, 2.24) is 5.32 Å². The molecule has 5 heteroatoms. The van der Waals surface area contributed by atoms with Gasteiger partial charge in [0.2, 0.25) is 5.91 Å². The summed E-state index contributed by atoms with van der Waals surface area (Å²) in [7, 11) is -2.87. The first-order valence-corrected chi connectivity index (χ1v) is 10.3. The van der Waals surface area contributed by atoms with E-state index in [2.05, 4.69) is 35.6 Å². The van der Waals surface area contributed by atoms with E-state index in [4.69, 9.17) is 0 Å². The molecule has 1 saturated heterocycles. The molecule has 0 aromatic heterocycles. The maximum atomic E-state index is 12.3. The van der Waals surface area contributed by atoms with Gasteiger partial charge in [-0.2, -0.15) is 0 Å². The highest BCUT2D eigenvalue weighted by Crippen LogP contribution is 2.48. The molecular formula is C19H21NO3S. The fraction of sp³-hybridized carbons (Fsp3) is 0.421. The zero-order chi connectivity index (χ0) is 16.7. The summed E-state index contributed by atoms with van der Waals surface area (Å²) in [6.07, 6.45) is 1.55. The standard InChI is InChI=1S/C19H21NO3S/c21-19(20-11-13-7-8-24(22,23)12-13)18-10-17(18)16-6-5-14-3-1-2-4-15(14)9-16/h1-6,9,13,17-18H,7-8,10-12H2,(H,20,21)/t13-,17-,18+/m0/s1. The molecule has 1 saturated carbocycles. The van der Waals surface area contributed by atoms with Crippen LogP contribution in [0.5, 0.6) is 0 Å². The van der Waals surface area contributed by atoms with Gasteiger partial charge < -0.3 is 5.32 Å². The number of amides is 1. The molecule has 4 rings (SSSR count). The van der Waals surface area contributed by atoms with Crippen LogP contribution in [0.2, 0.25) is 0 Å². The molecule has 1 N–H and O–H groups in total. The predicted molar refractivity (Wildman–Crippen MR) is 94.6 cm³/mol. The van der Waals surface area contributed by atoms with E-state index in [0.29, 0.717) is 18.9 Å². The quantitative estimate of drug-likeness (QED) is 0.928. The Labute approximate surface area is 142 Å². The van der Waals surface area contributed by atoms with Gasteiger partial charge in [-0.15, -0.1) is 0 Å². The molecule has 1 heterocycles. The number of hydrogen-bond acceptors (Lipinski definition) is 3. The Hall–Kier alpha value is -1.88. The van der Waals surface area contributed by atoms with Crippen LogP contribution >= 0.6 is 0 Å². The molecule has 2 fully saturated rings. The SMILES string of the molecule is O=C(NC[C@@H]1CCS(=O)(=O)C1)[C@@H]1C[C@H]1c1ccc2ccccc2c1. The molecule has 2 aliphatic rings. The lowest BCUT2D eigenvalue weighted by atomic mass is 10.0. The lowest BCUT2D eigenvalue weighted by Gasteiger charge is -2.09. The molecule has 0 spiro atoms. The van der Waals surface area contributed by atoms with Crippen molar-refractivity contribution in [1.29, 1.82) is 0 Å². The van der Waals surface area contributed by atoms with Crippen molar-refractivity contribution in [3.05, 3.63) is 48.0 Å². The Bertz CT molecular complexity index is 890. The first-order chi connectivity index (χ1) is 11.5. The highest BCUT2D eigenvalue weighted by molar-refractivity contribution is 7.91. The summed E-state index contributed by atoms with van der Waals surface area (Å²) in [5.74, 6) is 0.947. The minimum atomic E-state index is -2.87. The lowest BCUT2D eigenvalue weighted by molar-refractivity contribution is -0.122. The number of rotatable bonds is 4. The van der Waals surface area contributed by atoms with E-state index in [9.17, 15) is 13.2 Å². The highest BCUT2D eigenvalue weighted by Gasteiger charge is 2.44. The number of hydrogen-bond donors (Lipinski definition) is 1. The number of carbonyl (C=O) groups is 1. The largest absolute Gasteiger partial charge is 0.356 e. The maximum Gasteiger partial charge on any atom is 0.223 e. The van der Waals surface area contributed by atoms with Gasteiger partial charge in [-0.1, -0.05) is 42.5 Å². The van der Waals surface area contributed by atoms with E-state index in [1.165, 1.54) is 16.3 Å². The first kappa shape index (κ1) is 15.6. The first-order valence-electron chi connectivity index (χ1n) is 8.49. The maximum absolute atomic E-state index is 12.3. The second kappa shape index (κ2) is 5.88. The van der Waals surface area contributed by atoms with Gasteiger partial charge in [-0.05, 0) is 41.0 Å². The van der Waals surface area contributed by atoms with Gasteiger partial charge >= 0.3 is 0 Å². The van der Waals surface area contributed by atoms with Crippen molar-refractivity contribution in [3.8, 4) is 0 Å². The van der Waals surface area contributed by atoms with Crippen molar-refractivity contribution in [2.75, 3.05) is 18.1 Å². The minimum Gasteiger partial charge on any atom is -0.356 e. The van der Waals surface area contributed by atoms with Crippen LogP contribution < -0.4 is 5.32 Å². The molecular weight excluding hydrogens is 322 g/mol. The van der Waals surface area contributed by atoms with Gasteiger partial charge in [-0.25, -0.2) is 8.42 Å². The van der Waals surface area contributed by atoms with E-state index >= 15 is 0 Å². The van der Waals surface area contributed by atoms with Crippen molar-refractivity contribution < 1.29 is 13.2 Å². The van der Waals surface area contributed by atoms with Crippen LogP contribution in [0.15, 0.2) is 42.5 Å². The zero-order valence-electron chi connectivity index (χ0n) is 13.4. The van der Waals surface area contributed by atoms with E-state index in [1.54, 1.807) is 0 Å². The third-order valence-electron chi connectivity index (χ3n) is 5.22. The summed E-state index contributed by atoms with van der Waals surface area (Å²) >= 11 is 0. The van der Waals surface area contributed by atoms with Gasteiger partial charge in [-0.3, -0.25) is 4.79 Å². The number of fused-ring (bicyclic) bond motifs is 1. The molecule has 0 bridgehead atoms. The molecule has 0 radical (unpaired) electrons. The van der Waals surface area contributed by atoms with Gasteiger partial charge in [0.1, 0.15) is 0 Å². The number of carbonyl (C=O) groups excluding carboxylic acids is 1. The van der Waals surface area contributed by atoms with E-state index in [0.717, 1.165) is 6.42 Å². The summed E-state index contributed by atoms with van der Waals surface area (Å²) in [6, 6.07) is 14.6. The highest BCUT2D eigenvalue weighted by atomic mass is 32.2. The molecule has 0 unspecified atom stereocenters. The third kappa shape index (κ3) is 3.18. The van der Waals surface area contributed by atoms with Crippen LogP contribution in [-0.2, 0) is 14.6 Å². The van der Waals surface area contributed by atoms with Gasteiger partial charge in [0, 0.05) is 12.5 Å². The summed E-state index contributed by atoms with van der Waals surface area (Å²) in [5, 5.41) is 5.38. The Kier molecular flexibility index (Phi) is 3.83. The summed E-state index contributed by atoms with van der Waals surface area (Å²) < 4.78 is 22.9. The van der Waals surface area contributed by atoms with Crippen molar-refractivity contribution in [2.24, 2.45) is 11.8 Å². The molecule has 3 atom stereocenters. The minimum absolute atomic E-state index is 0.0316. The van der Waals surface area contributed by atoms with Crippen LogP contribution in [0, 0.1) is 11.8 Å². The monoisotopic (exact) mass is 343 g/mol. The van der Waals surface area contributed by atoms with Crippen LogP contribution in [0.25, 0.3) is 10.8 Å². The molecule has 126 valence electrons. The molecule has 2 aromatic rings. The molecule has 1 aliphatic carbocycles. The number of benzene rings is 2. The van der Waals surface area contributed by atoms with Crippen LogP contribution in [0.3, 0.4) is 0 Å². The lowest BCUT2D eigenvalue weighted by Crippen LogP contribution is -2.31. The van der Waals surface area contributed by atoms with Crippen molar-refractivity contribution in [3.63, 3.8) is 0 Å². The van der Waals surface area contributed by atoms with E-state index in [-0.39, 0.29) is 29.2 Å². The van der Waals surface area contributed by atoms with Crippen molar-refractivity contribution in [2.45, 2.75) is 18.8 Å². The van der Waals surface area contributed by atoms with Crippen LogP contribution in [0.4, 0.5) is 0 Å². The Morgan fingerprint density at radius 2 is 1.92 bits per heavy atom. The smallest absolute Gasteiger partial charge is 0.223 e. The average Bonchev–Trinajstić information content (AvgIpc) is 3.30. The average molecular weight is 343 g/mol. The Morgan fingerprint density at radius 1 is 1.12 bits per heavy atom. The van der Waals surface area contributed by atoms with Gasteiger partial charge in [0.25, 0.3) is 0 Å². The number of sulfone groups is 1. The fourth-order valence-electron chi connectivity index (χ4n) is 3.70. The Morgan fingerprint density at radius 3 is 2.67 bits per heavy atom. The molecule has 1 aliphatic heterocycles. The summed E-state index contributed by atoms with van der Waals surface area (Å²) in [6.45, 7) is 0.485. The fourth-order valence-corrected chi connectivity index (χ4v) is 5.56. The van der Waals surface area contributed by atoms with E-state index in [1.807, 2.05) is 12.1 Å².